The normalized spacial score (nSPS) is 11.5. The lowest BCUT2D eigenvalue weighted by atomic mass is 10.2. The first-order valence-corrected chi connectivity index (χ1v) is 3.58. The molecule has 0 rings (SSSR count). The van der Waals surface area contributed by atoms with E-state index in [1.807, 2.05) is 13.8 Å². The quantitative estimate of drug-likeness (QED) is 0.281. The molecular formula is C5H12N5O3+. The van der Waals surface area contributed by atoms with Crippen molar-refractivity contribution in [3.05, 3.63) is 9.81 Å². The molecule has 0 amide bonds. The number of nitrogens with two attached hydrogens (primary N) is 1. The van der Waals surface area contributed by atoms with Crippen LogP contribution in [0.5, 0.6) is 0 Å². The number of nitroso groups, excluding NO2 is 1. The first-order valence-electron chi connectivity index (χ1n) is 3.58. The van der Waals surface area contributed by atoms with Crippen LogP contribution in [0.2, 0.25) is 0 Å². The van der Waals surface area contributed by atoms with Gasteiger partial charge in [0.2, 0.25) is 0 Å². The van der Waals surface area contributed by atoms with Gasteiger partial charge in [0.25, 0.3) is 5.96 Å². The summed E-state index contributed by atoms with van der Waals surface area (Å²) >= 11 is 0. The van der Waals surface area contributed by atoms with Crippen LogP contribution in [0.15, 0.2) is 10.4 Å². The van der Waals surface area contributed by atoms with E-state index in [4.69, 9.17) is 10.9 Å². The first kappa shape index (κ1) is 11.3. The highest BCUT2D eigenvalue weighted by molar-refractivity contribution is 5.76. The van der Waals surface area contributed by atoms with E-state index in [1.165, 1.54) is 0 Å². The number of rotatable bonds is 4. The van der Waals surface area contributed by atoms with E-state index in [-0.39, 0.29) is 12.5 Å². The maximum atomic E-state index is 10.2. The van der Waals surface area contributed by atoms with Crippen LogP contribution in [0.25, 0.3) is 0 Å². The van der Waals surface area contributed by atoms with E-state index < -0.39 is 11.0 Å². The molecule has 0 spiro atoms. The van der Waals surface area contributed by atoms with Crippen molar-refractivity contribution in [2.24, 2.45) is 22.0 Å². The first-order chi connectivity index (χ1) is 5.97. The third kappa shape index (κ3) is 4.67. The molecule has 0 aromatic rings. The Bertz CT molecular complexity index is 226. The van der Waals surface area contributed by atoms with Gasteiger partial charge in [0.15, 0.2) is 0 Å². The molecular weight excluding hydrogens is 178 g/mol. The molecule has 3 N–H and O–H groups in total. The van der Waals surface area contributed by atoms with Crippen molar-refractivity contribution in [2.45, 2.75) is 13.8 Å². The van der Waals surface area contributed by atoms with Crippen LogP contribution in [0.4, 0.5) is 0 Å². The van der Waals surface area contributed by atoms with Crippen LogP contribution >= 0.6 is 0 Å². The highest BCUT2D eigenvalue weighted by Gasteiger charge is 2.15. The molecule has 0 unspecified atom stereocenters. The number of guanidine groups is 1. The summed E-state index contributed by atoms with van der Waals surface area (Å²) in [6, 6.07) is 0. The SMILES string of the molecule is CC(C)CN(N=O)/C(N)=N/[N+](=O)O. The molecule has 0 bridgehead atoms. The molecule has 0 saturated carbocycles. The summed E-state index contributed by atoms with van der Waals surface area (Å²) in [6.45, 7) is 3.89. The van der Waals surface area contributed by atoms with Gasteiger partial charge in [-0.05, 0) is 5.92 Å². The Morgan fingerprint density at radius 3 is 2.54 bits per heavy atom. The third-order valence-electron chi connectivity index (χ3n) is 1.09. The van der Waals surface area contributed by atoms with Gasteiger partial charge in [-0.1, -0.05) is 13.8 Å². The summed E-state index contributed by atoms with van der Waals surface area (Å²) in [5.74, 6) is -0.313. The summed E-state index contributed by atoms with van der Waals surface area (Å²) in [4.78, 5) is 20.2. The third-order valence-corrected chi connectivity index (χ3v) is 1.09. The summed E-state index contributed by atoms with van der Waals surface area (Å²) in [5, 5.41) is 13.6. The zero-order chi connectivity index (χ0) is 10.4. The number of nitrogens with zero attached hydrogens (tertiary/aromatic N) is 4. The largest absolute Gasteiger partial charge is 0.391 e. The van der Waals surface area contributed by atoms with E-state index >= 15 is 0 Å². The van der Waals surface area contributed by atoms with Gasteiger partial charge in [-0.2, -0.15) is 5.01 Å². The van der Waals surface area contributed by atoms with Crippen molar-refractivity contribution in [1.29, 1.82) is 0 Å². The maximum absolute atomic E-state index is 10.2. The Balaban J connectivity index is 4.39. The van der Waals surface area contributed by atoms with Gasteiger partial charge >= 0.3 is 5.03 Å². The zero-order valence-electron chi connectivity index (χ0n) is 7.41. The molecule has 13 heavy (non-hydrogen) atoms. The second-order valence-corrected chi connectivity index (χ2v) is 2.77. The second kappa shape index (κ2) is 5.01. The standard InChI is InChI=1S/C5H12N5O3/c1-4(2)3-9(8-11)5(6)7-10(12)13/h4H,3H2,1-2H3,(H2,6,7)(H,12,13)/q+1. The zero-order valence-corrected chi connectivity index (χ0v) is 7.41. The highest BCUT2D eigenvalue weighted by atomic mass is 16.7. The van der Waals surface area contributed by atoms with Crippen molar-refractivity contribution in [3.8, 4) is 0 Å². The Hall–Kier alpha value is -1.73. The van der Waals surface area contributed by atoms with Gasteiger partial charge in [-0.15, -0.1) is 4.91 Å². The van der Waals surface area contributed by atoms with Crippen LogP contribution in [0.1, 0.15) is 13.8 Å². The summed E-state index contributed by atoms with van der Waals surface area (Å²) < 4.78 is 0. The average Bonchev–Trinajstić information content (AvgIpc) is 1.98. The molecule has 0 aliphatic heterocycles. The maximum Gasteiger partial charge on any atom is 0.391 e. The van der Waals surface area contributed by atoms with Crippen LogP contribution in [-0.4, -0.2) is 27.8 Å². The Morgan fingerprint density at radius 2 is 2.23 bits per heavy atom. The summed E-state index contributed by atoms with van der Waals surface area (Å²) in [6.07, 6.45) is 0. The molecule has 0 fully saturated rings. The summed E-state index contributed by atoms with van der Waals surface area (Å²) in [7, 11) is 0. The predicted molar refractivity (Wildman–Crippen MR) is 44.4 cm³/mol. The molecule has 0 heterocycles. The number of hydrogen-bond donors (Lipinski definition) is 2. The second-order valence-electron chi connectivity index (χ2n) is 2.77. The fraction of sp³-hybridized carbons (Fsp3) is 0.800. The molecule has 0 aliphatic rings. The molecule has 8 heteroatoms. The summed E-state index contributed by atoms with van der Waals surface area (Å²) in [5.41, 5.74) is 5.16. The molecule has 0 aliphatic carbocycles. The van der Waals surface area contributed by atoms with Crippen molar-refractivity contribution < 1.29 is 10.2 Å². The molecule has 74 valence electrons. The fourth-order valence-electron chi connectivity index (χ4n) is 0.654. The predicted octanol–water partition coefficient (Wildman–Crippen LogP) is 0.0236. The van der Waals surface area contributed by atoms with Crippen LogP contribution in [0, 0.1) is 15.7 Å². The lowest BCUT2D eigenvalue weighted by Gasteiger charge is -2.12. The lowest BCUT2D eigenvalue weighted by Crippen LogP contribution is -2.36. The van der Waals surface area contributed by atoms with E-state index in [1.54, 1.807) is 0 Å². The average molecular weight is 190 g/mol. The van der Waals surface area contributed by atoms with Crippen molar-refractivity contribution in [1.82, 2.24) is 5.01 Å². The van der Waals surface area contributed by atoms with E-state index in [2.05, 4.69) is 10.4 Å². The Labute approximate surface area is 74.5 Å². The van der Waals surface area contributed by atoms with Crippen molar-refractivity contribution in [2.75, 3.05) is 6.54 Å². The van der Waals surface area contributed by atoms with Crippen molar-refractivity contribution in [3.63, 3.8) is 0 Å². The molecule has 0 aromatic carbocycles. The molecule has 0 radical (unpaired) electrons. The minimum atomic E-state index is -0.728. The molecule has 8 nitrogen and oxygen atoms in total. The molecule has 0 atom stereocenters. The van der Waals surface area contributed by atoms with Crippen LogP contribution in [0.3, 0.4) is 0 Å². The topological polar surface area (TPSA) is 111 Å². The highest BCUT2D eigenvalue weighted by Crippen LogP contribution is 1.98. The minimum absolute atomic E-state index is 0.130. The lowest BCUT2D eigenvalue weighted by molar-refractivity contribution is -0.796. The van der Waals surface area contributed by atoms with Crippen LogP contribution < -0.4 is 5.73 Å². The van der Waals surface area contributed by atoms with E-state index in [0.717, 1.165) is 5.01 Å². The van der Waals surface area contributed by atoms with Crippen LogP contribution in [-0.2, 0) is 0 Å². The minimum Gasteiger partial charge on any atom is -0.363 e. The van der Waals surface area contributed by atoms with Gasteiger partial charge in [0.1, 0.15) is 10.0 Å². The fourth-order valence-corrected chi connectivity index (χ4v) is 0.654. The number of hydrogen-bond acceptors (Lipinski definition) is 3. The number of hydrazone groups is 1. The molecule has 0 aromatic heterocycles. The van der Waals surface area contributed by atoms with Gasteiger partial charge in [-0.25, -0.2) is 5.21 Å². The molecule has 0 saturated heterocycles. The van der Waals surface area contributed by atoms with Gasteiger partial charge < -0.3 is 5.73 Å². The Kier molecular flexibility index (Phi) is 4.34. The monoisotopic (exact) mass is 190 g/mol. The van der Waals surface area contributed by atoms with Gasteiger partial charge in [0, 0.05) is 0 Å². The van der Waals surface area contributed by atoms with Crippen molar-refractivity contribution >= 4 is 5.96 Å². The van der Waals surface area contributed by atoms with Gasteiger partial charge in [0.05, 0.1) is 11.8 Å². The van der Waals surface area contributed by atoms with E-state index in [9.17, 15) is 9.81 Å². The van der Waals surface area contributed by atoms with Gasteiger partial charge in [-0.3, -0.25) is 0 Å². The Morgan fingerprint density at radius 1 is 1.69 bits per heavy atom. The smallest absolute Gasteiger partial charge is 0.363 e. The van der Waals surface area contributed by atoms with E-state index in [0.29, 0.717) is 0 Å².